The molecule has 0 fully saturated rings. The molecule has 0 aliphatic rings. The van der Waals surface area contributed by atoms with Crippen molar-refractivity contribution in [2.45, 2.75) is 25.9 Å². The van der Waals surface area contributed by atoms with E-state index in [-0.39, 0.29) is 0 Å². The minimum atomic E-state index is -0.758. The highest BCUT2D eigenvalue weighted by Gasteiger charge is 2.17. The van der Waals surface area contributed by atoms with E-state index in [1.165, 1.54) is 6.20 Å². The minimum Gasteiger partial charge on any atom is -0.397 e. The maximum Gasteiger partial charge on any atom is 0.145 e. The van der Waals surface area contributed by atoms with Gasteiger partial charge in [-0.25, -0.2) is 4.98 Å². The fourth-order valence-corrected chi connectivity index (χ4v) is 1.22. The van der Waals surface area contributed by atoms with Gasteiger partial charge in [0.15, 0.2) is 0 Å². The molecule has 0 radical (unpaired) electrons. The van der Waals surface area contributed by atoms with Crippen molar-refractivity contribution in [2.75, 3.05) is 17.6 Å². The van der Waals surface area contributed by atoms with Gasteiger partial charge in [0.1, 0.15) is 5.82 Å². The van der Waals surface area contributed by atoms with Crippen LogP contribution in [0.15, 0.2) is 12.3 Å². The number of nitrogens with one attached hydrogen (secondary N) is 1. The first kappa shape index (κ1) is 12.1. The summed E-state index contributed by atoms with van der Waals surface area (Å²) >= 11 is 5.91. The molecule has 1 rings (SSSR count). The molecule has 0 saturated heterocycles. The monoisotopic (exact) mass is 229 g/mol. The Morgan fingerprint density at radius 2 is 2.33 bits per heavy atom. The number of hydrogen-bond acceptors (Lipinski definition) is 4. The highest BCUT2D eigenvalue weighted by atomic mass is 35.5. The maximum absolute atomic E-state index is 9.77. The first-order valence-electron chi connectivity index (χ1n) is 4.82. The van der Waals surface area contributed by atoms with Crippen molar-refractivity contribution in [3.05, 3.63) is 17.3 Å². The fraction of sp³-hybridized carbons (Fsp3) is 0.500. The van der Waals surface area contributed by atoms with Gasteiger partial charge in [0.05, 0.1) is 22.5 Å². The molecule has 0 amide bonds. The average Bonchev–Trinajstić information content (AvgIpc) is 2.16. The van der Waals surface area contributed by atoms with Crippen LogP contribution in [0.2, 0.25) is 5.02 Å². The number of rotatable bonds is 4. The van der Waals surface area contributed by atoms with E-state index in [0.717, 1.165) is 0 Å². The van der Waals surface area contributed by atoms with Crippen LogP contribution in [0, 0.1) is 0 Å². The summed E-state index contributed by atoms with van der Waals surface area (Å²) in [7, 11) is 0. The molecule has 4 N–H and O–H groups in total. The number of halogens is 1. The lowest BCUT2D eigenvalue weighted by Crippen LogP contribution is -2.32. The molecule has 1 atom stereocenters. The van der Waals surface area contributed by atoms with Crippen LogP contribution < -0.4 is 11.1 Å². The highest BCUT2D eigenvalue weighted by Crippen LogP contribution is 2.21. The van der Waals surface area contributed by atoms with Crippen LogP contribution in [0.4, 0.5) is 11.5 Å². The third kappa shape index (κ3) is 3.57. The molecule has 0 spiro atoms. The van der Waals surface area contributed by atoms with E-state index in [4.69, 9.17) is 17.3 Å². The quantitative estimate of drug-likeness (QED) is 0.738. The van der Waals surface area contributed by atoms with Gasteiger partial charge in [-0.3, -0.25) is 0 Å². The van der Waals surface area contributed by atoms with Crippen molar-refractivity contribution in [3.63, 3.8) is 0 Å². The summed E-state index contributed by atoms with van der Waals surface area (Å²) in [6.45, 7) is 4.07. The normalized spacial score (nSPS) is 14.7. The van der Waals surface area contributed by atoms with Gasteiger partial charge in [-0.1, -0.05) is 18.5 Å². The molecular weight excluding hydrogens is 214 g/mol. The van der Waals surface area contributed by atoms with E-state index in [1.807, 2.05) is 6.92 Å². The number of aliphatic hydroxyl groups is 1. The van der Waals surface area contributed by atoms with Crippen molar-refractivity contribution in [2.24, 2.45) is 0 Å². The third-order valence-electron chi connectivity index (χ3n) is 2.26. The van der Waals surface area contributed by atoms with Gasteiger partial charge >= 0.3 is 0 Å². The summed E-state index contributed by atoms with van der Waals surface area (Å²) in [4.78, 5) is 4.04. The lowest BCUT2D eigenvalue weighted by Gasteiger charge is -2.22. The van der Waals surface area contributed by atoms with E-state index < -0.39 is 5.60 Å². The smallest absolute Gasteiger partial charge is 0.145 e. The van der Waals surface area contributed by atoms with Gasteiger partial charge < -0.3 is 16.2 Å². The molecule has 0 aromatic carbocycles. The number of nitrogen functional groups attached to an aromatic ring is 1. The second kappa shape index (κ2) is 4.68. The van der Waals surface area contributed by atoms with Crippen LogP contribution in [-0.2, 0) is 0 Å². The van der Waals surface area contributed by atoms with Crippen LogP contribution in [0.25, 0.3) is 0 Å². The Kier molecular flexibility index (Phi) is 3.77. The third-order valence-corrected chi connectivity index (χ3v) is 2.55. The zero-order chi connectivity index (χ0) is 11.5. The number of nitrogens with two attached hydrogens (primary N) is 1. The number of anilines is 2. The molecule has 0 saturated carbocycles. The predicted molar refractivity (Wildman–Crippen MR) is 63.1 cm³/mol. The molecule has 1 aromatic rings. The van der Waals surface area contributed by atoms with E-state index in [1.54, 1.807) is 13.0 Å². The lowest BCUT2D eigenvalue weighted by atomic mass is 10.0. The Morgan fingerprint density at radius 3 is 2.87 bits per heavy atom. The fourth-order valence-electron chi connectivity index (χ4n) is 0.982. The number of pyridine rings is 1. The number of aromatic nitrogens is 1. The lowest BCUT2D eigenvalue weighted by molar-refractivity contribution is 0.0696. The van der Waals surface area contributed by atoms with Gasteiger partial charge in [0.2, 0.25) is 0 Å². The Morgan fingerprint density at radius 1 is 1.67 bits per heavy atom. The molecule has 5 heteroatoms. The van der Waals surface area contributed by atoms with Crippen molar-refractivity contribution in [1.29, 1.82) is 0 Å². The first-order chi connectivity index (χ1) is 6.94. The van der Waals surface area contributed by atoms with Gasteiger partial charge in [-0.2, -0.15) is 0 Å². The summed E-state index contributed by atoms with van der Waals surface area (Å²) in [5.41, 5.74) is 5.28. The summed E-state index contributed by atoms with van der Waals surface area (Å²) in [5, 5.41) is 13.2. The van der Waals surface area contributed by atoms with E-state index in [9.17, 15) is 5.11 Å². The highest BCUT2D eigenvalue weighted by molar-refractivity contribution is 6.33. The van der Waals surface area contributed by atoms with Gasteiger partial charge in [-0.15, -0.1) is 0 Å². The van der Waals surface area contributed by atoms with Crippen molar-refractivity contribution < 1.29 is 5.11 Å². The molecule has 0 aliphatic carbocycles. The van der Waals surface area contributed by atoms with Crippen LogP contribution in [0.5, 0.6) is 0 Å². The van der Waals surface area contributed by atoms with E-state index in [2.05, 4.69) is 10.3 Å². The summed E-state index contributed by atoms with van der Waals surface area (Å²) in [6, 6.07) is 1.62. The second-order valence-corrected chi connectivity index (χ2v) is 4.21. The molecule has 1 unspecified atom stereocenters. The van der Waals surface area contributed by atoms with Gasteiger partial charge in [0, 0.05) is 6.54 Å². The largest absolute Gasteiger partial charge is 0.397 e. The van der Waals surface area contributed by atoms with Crippen molar-refractivity contribution in [3.8, 4) is 0 Å². The second-order valence-electron chi connectivity index (χ2n) is 3.80. The van der Waals surface area contributed by atoms with Crippen molar-refractivity contribution in [1.82, 2.24) is 4.98 Å². The summed E-state index contributed by atoms with van der Waals surface area (Å²) < 4.78 is 0. The van der Waals surface area contributed by atoms with Crippen LogP contribution in [-0.4, -0.2) is 22.2 Å². The SMILES string of the molecule is CCC(C)(O)CNc1ncc(N)cc1Cl. The molecule has 0 bridgehead atoms. The topological polar surface area (TPSA) is 71.2 Å². The van der Waals surface area contributed by atoms with Crippen LogP contribution in [0.1, 0.15) is 20.3 Å². The van der Waals surface area contributed by atoms with Crippen LogP contribution >= 0.6 is 11.6 Å². The average molecular weight is 230 g/mol. The van der Waals surface area contributed by atoms with Gasteiger partial charge in [0.25, 0.3) is 0 Å². The van der Waals surface area contributed by atoms with E-state index >= 15 is 0 Å². The molecule has 15 heavy (non-hydrogen) atoms. The summed E-state index contributed by atoms with van der Waals surface area (Å²) in [5.74, 6) is 0.541. The minimum absolute atomic E-state index is 0.403. The molecule has 0 aliphatic heterocycles. The number of hydrogen-bond donors (Lipinski definition) is 3. The molecule has 1 aromatic heterocycles. The molecule has 1 heterocycles. The molecule has 4 nitrogen and oxygen atoms in total. The first-order valence-corrected chi connectivity index (χ1v) is 5.19. The predicted octanol–water partition coefficient (Wildman–Crippen LogP) is 1.89. The Bertz CT molecular complexity index is 341. The van der Waals surface area contributed by atoms with E-state index in [0.29, 0.717) is 29.5 Å². The zero-order valence-electron chi connectivity index (χ0n) is 8.92. The van der Waals surface area contributed by atoms with Crippen molar-refractivity contribution >= 4 is 23.1 Å². The molecule has 84 valence electrons. The standard InChI is InChI=1S/C10H16ClN3O/c1-3-10(2,15)6-14-9-8(11)4-7(12)5-13-9/h4-5,15H,3,6,12H2,1-2H3,(H,13,14). The molecular formula is C10H16ClN3O. The van der Waals surface area contributed by atoms with Gasteiger partial charge in [-0.05, 0) is 19.4 Å². The Hall–Kier alpha value is -1.00. The Labute approximate surface area is 94.5 Å². The zero-order valence-corrected chi connectivity index (χ0v) is 9.67. The van der Waals surface area contributed by atoms with Crippen LogP contribution in [0.3, 0.4) is 0 Å². The number of nitrogens with zero attached hydrogens (tertiary/aromatic N) is 1. The maximum atomic E-state index is 9.77. The summed E-state index contributed by atoms with van der Waals surface area (Å²) in [6.07, 6.45) is 2.18. The Balaban J connectivity index is 2.66.